The normalized spacial score (nSPS) is 24.4. The van der Waals surface area contributed by atoms with Gasteiger partial charge in [-0.3, -0.25) is 0 Å². The van der Waals surface area contributed by atoms with Crippen LogP contribution in [-0.2, 0) is 10.0 Å². The SMILES string of the molecule is O=S(=O)(NC1CC(Cl)C1)c1cc(Cl)ccc1Cl. The van der Waals surface area contributed by atoms with Gasteiger partial charge in [-0.15, -0.1) is 11.6 Å². The highest BCUT2D eigenvalue weighted by Crippen LogP contribution is 2.29. The third kappa shape index (κ3) is 3.06. The number of rotatable bonds is 3. The van der Waals surface area contributed by atoms with E-state index in [1.54, 1.807) is 6.07 Å². The lowest BCUT2D eigenvalue weighted by Crippen LogP contribution is -2.44. The van der Waals surface area contributed by atoms with Gasteiger partial charge in [0.15, 0.2) is 0 Å². The molecule has 0 aliphatic heterocycles. The van der Waals surface area contributed by atoms with Crippen molar-refractivity contribution in [2.75, 3.05) is 0 Å². The molecule has 1 aliphatic rings. The number of sulfonamides is 1. The Morgan fingerprint density at radius 1 is 1.24 bits per heavy atom. The highest BCUT2D eigenvalue weighted by molar-refractivity contribution is 7.89. The Kier molecular flexibility index (Phi) is 3.90. The van der Waals surface area contributed by atoms with Gasteiger partial charge in [0.1, 0.15) is 4.90 Å². The summed E-state index contributed by atoms with van der Waals surface area (Å²) in [6.07, 6.45) is 1.28. The lowest BCUT2D eigenvalue weighted by molar-refractivity contribution is 0.391. The number of benzene rings is 1. The molecule has 0 aromatic heterocycles. The number of hydrogen-bond acceptors (Lipinski definition) is 2. The van der Waals surface area contributed by atoms with Crippen LogP contribution in [0.5, 0.6) is 0 Å². The van der Waals surface area contributed by atoms with E-state index in [1.807, 2.05) is 0 Å². The van der Waals surface area contributed by atoms with Crippen molar-refractivity contribution in [2.45, 2.75) is 29.2 Å². The second-order valence-corrected chi connectivity index (χ2v) is 7.10. The first kappa shape index (κ1) is 13.4. The summed E-state index contributed by atoms with van der Waals surface area (Å²) in [5, 5.41) is 0.541. The van der Waals surface area contributed by atoms with Crippen LogP contribution in [0.15, 0.2) is 23.1 Å². The minimum atomic E-state index is -3.62. The Bertz CT molecular complexity index is 526. The molecule has 17 heavy (non-hydrogen) atoms. The van der Waals surface area contributed by atoms with Crippen molar-refractivity contribution in [1.82, 2.24) is 4.72 Å². The number of nitrogens with one attached hydrogen (secondary N) is 1. The molecule has 1 aromatic carbocycles. The second-order valence-electron chi connectivity index (χ2n) is 3.96. The molecule has 2 rings (SSSR count). The highest BCUT2D eigenvalue weighted by Gasteiger charge is 2.32. The fraction of sp³-hybridized carbons (Fsp3) is 0.400. The Morgan fingerprint density at radius 2 is 1.88 bits per heavy atom. The molecule has 1 saturated carbocycles. The molecule has 0 bridgehead atoms. The van der Waals surface area contributed by atoms with Crippen molar-refractivity contribution >= 4 is 44.8 Å². The summed E-state index contributed by atoms with van der Waals surface area (Å²) >= 11 is 17.4. The first-order valence-electron chi connectivity index (χ1n) is 5.00. The van der Waals surface area contributed by atoms with Gasteiger partial charge < -0.3 is 0 Å². The monoisotopic (exact) mass is 313 g/mol. The average Bonchev–Trinajstić information content (AvgIpc) is 2.19. The van der Waals surface area contributed by atoms with Crippen LogP contribution in [0.4, 0.5) is 0 Å². The van der Waals surface area contributed by atoms with Gasteiger partial charge in [0.25, 0.3) is 0 Å². The van der Waals surface area contributed by atoms with Crippen molar-refractivity contribution in [3.8, 4) is 0 Å². The highest BCUT2D eigenvalue weighted by atomic mass is 35.5. The molecule has 0 radical (unpaired) electrons. The lowest BCUT2D eigenvalue weighted by Gasteiger charge is -2.31. The van der Waals surface area contributed by atoms with Crippen molar-refractivity contribution in [3.05, 3.63) is 28.2 Å². The molecule has 0 unspecified atom stereocenters. The van der Waals surface area contributed by atoms with Crippen molar-refractivity contribution < 1.29 is 8.42 Å². The zero-order chi connectivity index (χ0) is 12.6. The largest absolute Gasteiger partial charge is 0.242 e. The molecule has 7 heteroatoms. The summed E-state index contributed by atoms with van der Waals surface area (Å²) in [5.41, 5.74) is 0. The molecule has 0 atom stereocenters. The van der Waals surface area contributed by atoms with Crippen LogP contribution in [0, 0.1) is 0 Å². The van der Waals surface area contributed by atoms with Crippen LogP contribution < -0.4 is 4.72 Å². The first-order valence-corrected chi connectivity index (χ1v) is 7.67. The number of hydrogen-bond donors (Lipinski definition) is 1. The molecule has 0 saturated heterocycles. The molecule has 0 spiro atoms. The summed E-state index contributed by atoms with van der Waals surface area (Å²) < 4.78 is 26.6. The first-order chi connectivity index (χ1) is 7.88. The third-order valence-electron chi connectivity index (χ3n) is 2.59. The van der Waals surface area contributed by atoms with Crippen molar-refractivity contribution in [1.29, 1.82) is 0 Å². The smallest absolute Gasteiger partial charge is 0.208 e. The van der Waals surface area contributed by atoms with Crippen molar-refractivity contribution in [2.24, 2.45) is 0 Å². The van der Waals surface area contributed by atoms with Crippen LogP contribution in [-0.4, -0.2) is 19.8 Å². The standard InChI is InChI=1S/C10H10Cl3NO2S/c11-6-1-2-9(13)10(5-6)17(15,16)14-8-3-7(12)4-8/h1-2,5,7-8,14H,3-4H2. The maximum atomic E-state index is 12.0. The van der Waals surface area contributed by atoms with E-state index in [1.165, 1.54) is 12.1 Å². The van der Waals surface area contributed by atoms with Crippen LogP contribution >= 0.6 is 34.8 Å². The number of alkyl halides is 1. The molecular formula is C10H10Cl3NO2S. The van der Waals surface area contributed by atoms with Gasteiger partial charge in [-0.25, -0.2) is 13.1 Å². The summed E-state index contributed by atoms with van der Waals surface area (Å²) in [5.74, 6) is 0. The van der Waals surface area contributed by atoms with Crippen LogP contribution in [0.25, 0.3) is 0 Å². The summed E-state index contributed by atoms with van der Waals surface area (Å²) in [7, 11) is -3.62. The molecule has 94 valence electrons. The molecule has 1 fully saturated rings. The molecule has 1 aliphatic carbocycles. The summed E-state index contributed by atoms with van der Waals surface area (Å²) in [4.78, 5) is 0.00434. The average molecular weight is 315 g/mol. The van der Waals surface area contributed by atoms with Gasteiger partial charge in [-0.2, -0.15) is 0 Å². The Hall–Kier alpha value is -0.000000000000000167. The van der Waals surface area contributed by atoms with E-state index < -0.39 is 10.0 Å². The van der Waals surface area contributed by atoms with E-state index >= 15 is 0 Å². The third-order valence-corrected chi connectivity index (χ3v) is 5.18. The minimum absolute atomic E-state index is 0.00434. The molecule has 0 heterocycles. The van der Waals surface area contributed by atoms with E-state index in [9.17, 15) is 8.42 Å². The van der Waals surface area contributed by atoms with E-state index in [0.29, 0.717) is 17.9 Å². The van der Waals surface area contributed by atoms with E-state index in [-0.39, 0.29) is 21.3 Å². The fourth-order valence-corrected chi connectivity index (χ4v) is 4.07. The Balaban J connectivity index is 2.22. The van der Waals surface area contributed by atoms with Gasteiger partial charge in [0.2, 0.25) is 10.0 Å². The van der Waals surface area contributed by atoms with Gasteiger partial charge in [0.05, 0.1) is 5.02 Å². The number of halogens is 3. The van der Waals surface area contributed by atoms with E-state index in [4.69, 9.17) is 34.8 Å². The molecule has 0 amide bonds. The van der Waals surface area contributed by atoms with Gasteiger partial charge >= 0.3 is 0 Å². The lowest BCUT2D eigenvalue weighted by atomic mass is 9.94. The van der Waals surface area contributed by atoms with E-state index in [2.05, 4.69) is 4.72 Å². The Labute approximate surface area is 115 Å². The zero-order valence-electron chi connectivity index (χ0n) is 8.66. The predicted molar refractivity (Wildman–Crippen MR) is 69.4 cm³/mol. The van der Waals surface area contributed by atoms with Crippen LogP contribution in [0.1, 0.15) is 12.8 Å². The predicted octanol–water partition coefficient (Wildman–Crippen LogP) is 3.04. The maximum Gasteiger partial charge on any atom is 0.242 e. The Morgan fingerprint density at radius 3 is 2.47 bits per heavy atom. The van der Waals surface area contributed by atoms with Crippen LogP contribution in [0.3, 0.4) is 0 Å². The van der Waals surface area contributed by atoms with Crippen molar-refractivity contribution in [3.63, 3.8) is 0 Å². The second kappa shape index (κ2) is 4.94. The van der Waals surface area contributed by atoms with Crippen LogP contribution in [0.2, 0.25) is 10.0 Å². The summed E-state index contributed by atoms with van der Waals surface area (Å²) in [6.45, 7) is 0. The van der Waals surface area contributed by atoms with Gasteiger partial charge in [-0.1, -0.05) is 23.2 Å². The zero-order valence-corrected chi connectivity index (χ0v) is 11.7. The molecule has 1 N–H and O–H groups in total. The quantitative estimate of drug-likeness (QED) is 0.872. The summed E-state index contributed by atoms with van der Waals surface area (Å²) in [6, 6.07) is 4.23. The minimum Gasteiger partial charge on any atom is -0.208 e. The van der Waals surface area contributed by atoms with Gasteiger partial charge in [0, 0.05) is 16.4 Å². The fourth-order valence-electron chi connectivity index (χ4n) is 1.61. The molecule has 1 aromatic rings. The molecular weight excluding hydrogens is 305 g/mol. The van der Waals surface area contributed by atoms with E-state index in [0.717, 1.165) is 0 Å². The topological polar surface area (TPSA) is 46.2 Å². The molecule has 3 nitrogen and oxygen atoms in total. The maximum absolute atomic E-state index is 12.0. The van der Waals surface area contributed by atoms with Gasteiger partial charge in [-0.05, 0) is 31.0 Å².